The fraction of sp³-hybridized carbons (Fsp3) is 0.500. The average Bonchev–Trinajstić information content (AvgIpc) is 3.44. The Hall–Kier alpha value is -1.92. The standard InChI is InChI=1S/C18H22ClNO2.C12H16ClNO.ClH/c1-13-12-15(19)6-7-17(13)22-16-8-10-20(11-9-16)18(21)14-4-2-3-5-14;1-9-8-10(13)2-3-12(9)15-11-4-6-14-7-5-11;/h2-3,6-7,12,14,16H,4-5,8-11H2,1H3;2-3,8,11,14H,4-7H2,1H3;1H. The summed E-state index contributed by atoms with van der Waals surface area (Å²) in [6.07, 6.45) is 10.5. The third-order valence-electron chi connectivity index (χ3n) is 7.26. The van der Waals surface area contributed by atoms with E-state index in [0.29, 0.717) is 12.0 Å². The van der Waals surface area contributed by atoms with Gasteiger partial charge in [-0.05, 0) is 100 Å². The second-order valence-corrected chi connectivity index (χ2v) is 11.0. The first-order valence-corrected chi connectivity index (χ1v) is 14.1. The fourth-order valence-electron chi connectivity index (χ4n) is 5.03. The van der Waals surface area contributed by atoms with Crippen molar-refractivity contribution in [2.24, 2.45) is 5.92 Å². The van der Waals surface area contributed by atoms with Crippen LogP contribution < -0.4 is 14.8 Å². The molecule has 38 heavy (non-hydrogen) atoms. The molecule has 8 heteroatoms. The third kappa shape index (κ3) is 8.81. The van der Waals surface area contributed by atoms with E-state index in [1.165, 1.54) is 0 Å². The quantitative estimate of drug-likeness (QED) is 0.380. The number of ether oxygens (including phenoxy) is 2. The molecule has 2 aromatic rings. The van der Waals surface area contributed by atoms with Crippen LogP contribution in [0.1, 0.15) is 49.7 Å². The summed E-state index contributed by atoms with van der Waals surface area (Å²) >= 11 is 11.9. The summed E-state index contributed by atoms with van der Waals surface area (Å²) in [6.45, 7) is 7.74. The van der Waals surface area contributed by atoms with Crippen LogP contribution in [0.4, 0.5) is 0 Å². The van der Waals surface area contributed by atoms with Gasteiger partial charge in [-0.1, -0.05) is 35.4 Å². The Balaban J connectivity index is 0.000000220. The summed E-state index contributed by atoms with van der Waals surface area (Å²) in [7, 11) is 0. The maximum atomic E-state index is 12.4. The lowest BCUT2D eigenvalue weighted by Gasteiger charge is -2.34. The molecule has 208 valence electrons. The zero-order chi connectivity index (χ0) is 26.2. The van der Waals surface area contributed by atoms with Crippen molar-refractivity contribution >= 4 is 41.5 Å². The van der Waals surface area contributed by atoms with E-state index in [-0.39, 0.29) is 24.4 Å². The highest BCUT2D eigenvalue weighted by molar-refractivity contribution is 6.31. The molecule has 2 saturated heterocycles. The molecule has 2 aliphatic heterocycles. The minimum Gasteiger partial charge on any atom is -0.490 e. The van der Waals surface area contributed by atoms with Gasteiger partial charge in [-0.25, -0.2) is 0 Å². The van der Waals surface area contributed by atoms with Crippen LogP contribution in [0.3, 0.4) is 0 Å². The molecule has 0 radical (unpaired) electrons. The molecule has 0 spiro atoms. The number of amides is 1. The van der Waals surface area contributed by atoms with E-state index in [1.54, 1.807) is 0 Å². The highest BCUT2D eigenvalue weighted by atomic mass is 35.5. The first-order valence-electron chi connectivity index (χ1n) is 13.4. The van der Waals surface area contributed by atoms with Gasteiger partial charge in [0.2, 0.25) is 5.91 Å². The van der Waals surface area contributed by atoms with Crippen molar-refractivity contribution in [1.82, 2.24) is 10.2 Å². The smallest absolute Gasteiger partial charge is 0.226 e. The summed E-state index contributed by atoms with van der Waals surface area (Å²) in [5, 5.41) is 4.82. The number of piperidine rings is 2. The second-order valence-electron chi connectivity index (χ2n) is 10.2. The van der Waals surface area contributed by atoms with E-state index in [0.717, 1.165) is 97.4 Å². The van der Waals surface area contributed by atoms with Gasteiger partial charge in [-0.3, -0.25) is 4.79 Å². The van der Waals surface area contributed by atoms with Crippen molar-refractivity contribution in [2.75, 3.05) is 26.2 Å². The van der Waals surface area contributed by atoms with Crippen LogP contribution in [0.2, 0.25) is 10.0 Å². The predicted octanol–water partition coefficient (Wildman–Crippen LogP) is 7.19. The number of likely N-dealkylation sites (tertiary alicyclic amines) is 1. The molecule has 0 bridgehead atoms. The lowest BCUT2D eigenvalue weighted by atomic mass is 10.0. The van der Waals surface area contributed by atoms with Crippen molar-refractivity contribution in [1.29, 1.82) is 0 Å². The number of benzene rings is 2. The summed E-state index contributed by atoms with van der Waals surface area (Å²) in [4.78, 5) is 14.4. The monoisotopic (exact) mass is 580 g/mol. The van der Waals surface area contributed by atoms with Crippen LogP contribution >= 0.6 is 35.6 Å². The number of hydrogen-bond acceptors (Lipinski definition) is 4. The Morgan fingerprint density at radius 3 is 1.76 bits per heavy atom. The van der Waals surface area contributed by atoms with E-state index in [2.05, 4.69) is 17.5 Å². The number of halogens is 3. The first kappa shape index (κ1) is 30.6. The normalized spacial score (nSPS) is 18.4. The van der Waals surface area contributed by atoms with E-state index in [1.807, 2.05) is 55.1 Å². The molecule has 0 unspecified atom stereocenters. The molecule has 2 heterocycles. The van der Waals surface area contributed by atoms with Gasteiger partial charge in [-0.15, -0.1) is 12.4 Å². The molecule has 5 nitrogen and oxygen atoms in total. The molecule has 0 atom stereocenters. The van der Waals surface area contributed by atoms with Crippen molar-refractivity contribution in [3.05, 3.63) is 69.7 Å². The van der Waals surface area contributed by atoms with E-state index in [4.69, 9.17) is 32.7 Å². The van der Waals surface area contributed by atoms with Crippen LogP contribution in [0.15, 0.2) is 48.6 Å². The Morgan fingerprint density at radius 2 is 1.29 bits per heavy atom. The second kappa shape index (κ2) is 15.0. The molecule has 0 aromatic heterocycles. The Bertz CT molecular complexity index is 1070. The van der Waals surface area contributed by atoms with Crippen molar-refractivity contribution in [3.63, 3.8) is 0 Å². The van der Waals surface area contributed by atoms with Gasteiger partial charge in [0, 0.05) is 41.9 Å². The number of carbonyl (C=O) groups excluding carboxylic acids is 1. The minimum atomic E-state index is 0. The number of nitrogens with one attached hydrogen (secondary N) is 1. The number of hydrogen-bond donors (Lipinski definition) is 1. The molecule has 3 aliphatic rings. The molecule has 5 rings (SSSR count). The summed E-state index contributed by atoms with van der Waals surface area (Å²) < 4.78 is 12.0. The average molecular weight is 582 g/mol. The highest BCUT2D eigenvalue weighted by Crippen LogP contribution is 2.27. The van der Waals surface area contributed by atoms with Crippen molar-refractivity contribution in [3.8, 4) is 11.5 Å². The summed E-state index contributed by atoms with van der Waals surface area (Å²) in [6, 6.07) is 11.5. The molecule has 2 aromatic carbocycles. The maximum Gasteiger partial charge on any atom is 0.226 e. The van der Waals surface area contributed by atoms with E-state index >= 15 is 0 Å². The number of carbonyl (C=O) groups is 1. The van der Waals surface area contributed by atoms with Crippen LogP contribution in [0, 0.1) is 19.8 Å². The van der Waals surface area contributed by atoms with Crippen molar-refractivity contribution in [2.45, 2.75) is 64.6 Å². The number of aryl methyl sites for hydroxylation is 2. The number of allylic oxidation sites excluding steroid dienone is 2. The molecule has 1 amide bonds. The lowest BCUT2D eigenvalue weighted by Crippen LogP contribution is -2.44. The summed E-state index contributed by atoms with van der Waals surface area (Å²) in [5.41, 5.74) is 2.17. The SMILES string of the molecule is Cc1cc(Cl)ccc1OC1CCN(C(=O)C2CC=CC2)CC1.Cc1cc(Cl)ccc1OC1CCNCC1.Cl. The molecule has 2 fully saturated rings. The van der Waals surface area contributed by atoms with Crippen molar-refractivity contribution < 1.29 is 14.3 Å². The molecule has 1 aliphatic carbocycles. The zero-order valence-corrected chi connectivity index (χ0v) is 24.6. The predicted molar refractivity (Wildman–Crippen MR) is 158 cm³/mol. The van der Waals surface area contributed by atoms with Gasteiger partial charge in [-0.2, -0.15) is 0 Å². The van der Waals surface area contributed by atoms with Gasteiger partial charge in [0.15, 0.2) is 0 Å². The van der Waals surface area contributed by atoms with Crippen LogP contribution in [-0.2, 0) is 4.79 Å². The van der Waals surface area contributed by atoms with Gasteiger partial charge in [0.25, 0.3) is 0 Å². The molecule has 1 N–H and O–H groups in total. The largest absolute Gasteiger partial charge is 0.490 e. The topological polar surface area (TPSA) is 50.8 Å². The Kier molecular flexibility index (Phi) is 12.1. The number of rotatable bonds is 5. The highest BCUT2D eigenvalue weighted by Gasteiger charge is 2.29. The van der Waals surface area contributed by atoms with Crippen LogP contribution in [0.25, 0.3) is 0 Å². The van der Waals surface area contributed by atoms with Gasteiger partial charge in [0.1, 0.15) is 23.7 Å². The van der Waals surface area contributed by atoms with Gasteiger partial charge in [0.05, 0.1) is 0 Å². The molecule has 0 saturated carbocycles. The van der Waals surface area contributed by atoms with E-state index in [9.17, 15) is 4.79 Å². The minimum absolute atomic E-state index is 0. The first-order chi connectivity index (χ1) is 17.9. The zero-order valence-electron chi connectivity index (χ0n) is 22.3. The Labute approximate surface area is 243 Å². The van der Waals surface area contributed by atoms with Gasteiger partial charge < -0.3 is 19.7 Å². The Morgan fingerprint density at radius 1 is 0.816 bits per heavy atom. The summed E-state index contributed by atoms with van der Waals surface area (Å²) in [5.74, 6) is 2.35. The lowest BCUT2D eigenvalue weighted by molar-refractivity contribution is -0.137. The third-order valence-corrected chi connectivity index (χ3v) is 7.73. The van der Waals surface area contributed by atoms with Crippen LogP contribution in [-0.4, -0.2) is 49.2 Å². The number of nitrogens with zero attached hydrogens (tertiary/aromatic N) is 1. The maximum absolute atomic E-state index is 12.4. The molecular formula is C30H39Cl3N2O3. The van der Waals surface area contributed by atoms with E-state index < -0.39 is 0 Å². The molecular weight excluding hydrogens is 543 g/mol. The fourth-order valence-corrected chi connectivity index (χ4v) is 5.49. The van der Waals surface area contributed by atoms with Gasteiger partial charge >= 0.3 is 0 Å². The van der Waals surface area contributed by atoms with Crippen LogP contribution in [0.5, 0.6) is 11.5 Å².